The third-order valence-corrected chi connectivity index (χ3v) is 12.7. The first-order chi connectivity index (χ1) is 33.7. The fourth-order valence-corrected chi connectivity index (χ4v) is 9.22. The Bertz CT molecular complexity index is 2680. The second-order valence-electron chi connectivity index (χ2n) is 17.1. The molecule has 2 unspecified atom stereocenters. The predicted octanol–water partition coefficient (Wildman–Crippen LogP) is 3.89. The van der Waals surface area contributed by atoms with E-state index in [4.69, 9.17) is 29.0 Å². The van der Waals surface area contributed by atoms with Crippen LogP contribution in [-0.4, -0.2) is 157 Å². The summed E-state index contributed by atoms with van der Waals surface area (Å²) in [7, 11) is 0. The van der Waals surface area contributed by atoms with Crippen LogP contribution in [0.3, 0.4) is 0 Å². The van der Waals surface area contributed by atoms with E-state index in [-0.39, 0.29) is 48.2 Å². The number of piperazine rings is 1. The molecule has 4 aliphatic rings. The Balaban J connectivity index is 0.619. The number of pyridine rings is 1. The maximum Gasteiger partial charge on any atom is 0.264 e. The zero-order valence-corrected chi connectivity index (χ0v) is 38.2. The molecule has 20 heteroatoms. The number of hydrogen-bond donors (Lipinski definition) is 2. The number of carbonyl (C=O) groups is 5. The van der Waals surface area contributed by atoms with Crippen LogP contribution in [0.2, 0.25) is 0 Å². The lowest BCUT2D eigenvalue weighted by Crippen LogP contribution is -2.54. The van der Waals surface area contributed by atoms with Crippen LogP contribution in [0.1, 0.15) is 64.4 Å². The third-order valence-electron chi connectivity index (χ3n) is 12.7. The van der Waals surface area contributed by atoms with Crippen LogP contribution in [-0.2, 0) is 33.3 Å². The Morgan fingerprint density at radius 1 is 0.754 bits per heavy atom. The summed E-state index contributed by atoms with van der Waals surface area (Å²) in [4.78, 5) is 80.0. The van der Waals surface area contributed by atoms with E-state index < -0.39 is 29.7 Å². The number of hydrogen-bond acceptors (Lipinski definition) is 15. The number of piperidine rings is 1. The summed E-state index contributed by atoms with van der Waals surface area (Å²) in [6.07, 6.45) is 4.13. The molecular weight excluding hydrogens is 892 g/mol. The number of halogens is 1. The van der Waals surface area contributed by atoms with E-state index >= 15 is 0 Å². The van der Waals surface area contributed by atoms with E-state index in [0.29, 0.717) is 96.9 Å². The van der Waals surface area contributed by atoms with Crippen LogP contribution in [0.25, 0.3) is 17.0 Å². The Morgan fingerprint density at radius 3 is 2.26 bits per heavy atom. The van der Waals surface area contributed by atoms with Gasteiger partial charge < -0.3 is 39.0 Å². The molecule has 19 nitrogen and oxygen atoms in total. The Kier molecular flexibility index (Phi) is 15.1. The first-order valence-corrected chi connectivity index (χ1v) is 23.5. The van der Waals surface area contributed by atoms with Crippen LogP contribution >= 0.6 is 0 Å². The number of imidazole rings is 1. The zero-order chi connectivity index (χ0) is 47.7. The average molecular weight is 947 g/mol. The van der Waals surface area contributed by atoms with Crippen LogP contribution < -0.4 is 20.4 Å². The molecule has 2 N–H and O–H groups in total. The third kappa shape index (κ3) is 10.9. The molecule has 2 aromatic carbocycles. The van der Waals surface area contributed by atoms with Crippen molar-refractivity contribution in [2.24, 2.45) is 0 Å². The Labute approximate surface area is 397 Å². The SMILES string of the molecule is O=C1CCC(N2C(=O)c3cccc(NCCOCCOCCOCCOCCC(=O)N4CCN(c5cccc(-c6cnc7ccc(N8CCCC8c8cccc(F)c8)nn67)n5)CC4)c3C2=O)C(=O)N1. The van der Waals surface area contributed by atoms with Gasteiger partial charge in [-0.05, 0) is 73.4 Å². The molecule has 0 radical (unpaired) electrons. The van der Waals surface area contributed by atoms with Crippen LogP contribution in [0, 0.1) is 5.82 Å². The standard InChI is InChI=1S/C49H55FN10O9/c50-34-6-1-5-33(31-34)38-10-4-18-58(38)43-14-13-41-52-32-40(60(41)55-43)36-8-3-11-42(53-36)56-19-21-57(22-20-56)45(62)16-23-66-25-27-68-29-30-69-28-26-67-24-17-51-37-9-2-7-35-46(37)49(65)59(48(35)64)39-12-15-44(61)54-47(39)63/h1-3,5-9,11,13-14,31-32,38-39,51H,4,10,12,15-30H2,(H,54,61,63). The number of carbonyl (C=O) groups excluding carboxylic acids is 5. The normalized spacial score (nSPS) is 18.4. The minimum Gasteiger partial charge on any atom is -0.382 e. The van der Waals surface area contributed by atoms with Crippen LogP contribution in [0.15, 0.2) is 79.0 Å². The maximum atomic E-state index is 14.1. The minimum atomic E-state index is -1.03. The van der Waals surface area contributed by atoms with Crippen molar-refractivity contribution in [2.75, 3.05) is 107 Å². The first-order valence-electron chi connectivity index (χ1n) is 23.5. The van der Waals surface area contributed by atoms with Crippen LogP contribution in [0.4, 0.5) is 21.7 Å². The molecule has 0 bridgehead atoms. The lowest BCUT2D eigenvalue weighted by molar-refractivity contribution is -0.136. The maximum absolute atomic E-state index is 14.1. The van der Waals surface area contributed by atoms with Gasteiger partial charge in [-0.2, -0.15) is 0 Å². The molecule has 5 amide bonds. The van der Waals surface area contributed by atoms with Crippen molar-refractivity contribution in [3.8, 4) is 11.4 Å². The van der Waals surface area contributed by atoms with Crippen LogP contribution in [0.5, 0.6) is 0 Å². The highest BCUT2D eigenvalue weighted by Gasteiger charge is 2.45. The van der Waals surface area contributed by atoms with Gasteiger partial charge in [0.25, 0.3) is 11.8 Å². The molecule has 2 atom stereocenters. The first kappa shape index (κ1) is 47.2. The van der Waals surface area contributed by atoms with Gasteiger partial charge in [0.1, 0.15) is 29.2 Å². The summed E-state index contributed by atoms with van der Waals surface area (Å²) in [5.74, 6) is -0.780. The Hall–Kier alpha value is -6.87. The van der Waals surface area contributed by atoms with Gasteiger partial charge >= 0.3 is 0 Å². The highest BCUT2D eigenvalue weighted by atomic mass is 19.1. The van der Waals surface area contributed by atoms with Crippen molar-refractivity contribution >= 4 is 52.5 Å². The number of fused-ring (bicyclic) bond motifs is 2. The number of nitrogens with zero attached hydrogens (tertiary/aromatic N) is 8. The molecule has 69 heavy (non-hydrogen) atoms. The smallest absolute Gasteiger partial charge is 0.264 e. The largest absolute Gasteiger partial charge is 0.382 e. The van der Waals surface area contributed by atoms with E-state index in [2.05, 4.69) is 25.4 Å². The van der Waals surface area contributed by atoms with Crippen molar-refractivity contribution in [1.82, 2.24) is 34.7 Å². The molecule has 3 fully saturated rings. The van der Waals surface area contributed by atoms with Crippen molar-refractivity contribution in [1.29, 1.82) is 0 Å². The fourth-order valence-electron chi connectivity index (χ4n) is 9.22. The summed E-state index contributed by atoms with van der Waals surface area (Å²) in [6.45, 7) is 6.44. The fraction of sp³-hybridized carbons (Fsp3) is 0.429. The molecule has 5 aromatic rings. The molecule has 7 heterocycles. The number of aromatic nitrogens is 4. The zero-order valence-electron chi connectivity index (χ0n) is 38.2. The van der Waals surface area contributed by atoms with E-state index in [1.54, 1.807) is 36.5 Å². The van der Waals surface area contributed by atoms with Gasteiger partial charge in [-0.1, -0.05) is 24.3 Å². The second-order valence-corrected chi connectivity index (χ2v) is 17.1. The average Bonchev–Trinajstić information content (AvgIpc) is 4.09. The number of amides is 5. The van der Waals surface area contributed by atoms with Crippen molar-refractivity contribution in [3.05, 3.63) is 102 Å². The summed E-state index contributed by atoms with van der Waals surface area (Å²) in [5, 5.41) is 10.3. The number of imide groups is 2. The molecule has 4 aliphatic heterocycles. The predicted molar refractivity (Wildman–Crippen MR) is 250 cm³/mol. The van der Waals surface area contributed by atoms with Crippen molar-refractivity contribution in [2.45, 2.75) is 44.2 Å². The van der Waals surface area contributed by atoms with Gasteiger partial charge in [-0.25, -0.2) is 18.9 Å². The number of ether oxygens (including phenoxy) is 4. The molecule has 0 spiro atoms. The number of benzene rings is 2. The number of anilines is 3. The summed E-state index contributed by atoms with van der Waals surface area (Å²) in [5.41, 5.74) is 4.04. The van der Waals surface area contributed by atoms with E-state index in [1.807, 2.05) is 45.8 Å². The van der Waals surface area contributed by atoms with Gasteiger partial charge in [0, 0.05) is 51.4 Å². The van der Waals surface area contributed by atoms with E-state index in [9.17, 15) is 28.4 Å². The van der Waals surface area contributed by atoms with Gasteiger partial charge in [0.05, 0.1) is 88.3 Å². The molecule has 3 aromatic heterocycles. The topological polar surface area (TPSA) is 202 Å². The van der Waals surface area contributed by atoms with Gasteiger partial charge in [0.15, 0.2) is 5.65 Å². The Morgan fingerprint density at radius 2 is 1.49 bits per heavy atom. The highest BCUT2D eigenvalue weighted by Crippen LogP contribution is 2.36. The van der Waals surface area contributed by atoms with Gasteiger partial charge in [-0.15, -0.1) is 5.10 Å². The summed E-state index contributed by atoms with van der Waals surface area (Å²) in [6, 6.07) is 20.6. The van der Waals surface area contributed by atoms with Gasteiger partial charge in [0.2, 0.25) is 17.7 Å². The highest BCUT2D eigenvalue weighted by molar-refractivity contribution is 6.25. The molecule has 3 saturated heterocycles. The van der Waals surface area contributed by atoms with Crippen molar-refractivity contribution < 1.29 is 47.3 Å². The number of rotatable bonds is 21. The molecule has 362 valence electrons. The van der Waals surface area contributed by atoms with Crippen molar-refractivity contribution in [3.63, 3.8) is 0 Å². The number of nitrogens with one attached hydrogen (secondary N) is 2. The minimum absolute atomic E-state index is 0.0435. The molecule has 0 saturated carbocycles. The van der Waals surface area contributed by atoms with Gasteiger partial charge in [-0.3, -0.25) is 34.2 Å². The molecule has 9 rings (SSSR count). The molecular formula is C49H55FN10O9. The second kappa shape index (κ2) is 22.0. The van der Waals surface area contributed by atoms with E-state index in [1.165, 1.54) is 6.07 Å². The molecule has 0 aliphatic carbocycles. The summed E-state index contributed by atoms with van der Waals surface area (Å²) >= 11 is 0. The lowest BCUT2D eigenvalue weighted by atomic mass is 10.0. The lowest BCUT2D eigenvalue weighted by Gasteiger charge is -2.35. The summed E-state index contributed by atoms with van der Waals surface area (Å²) < 4.78 is 38.4. The monoisotopic (exact) mass is 946 g/mol. The van der Waals surface area contributed by atoms with E-state index in [0.717, 1.165) is 52.9 Å². The quantitative estimate of drug-likeness (QED) is 0.0792.